The van der Waals surface area contributed by atoms with Crippen LogP contribution in [0, 0.1) is 18.7 Å². The number of aryl methyl sites for hydroxylation is 2. The maximum absolute atomic E-state index is 15.9. The molecule has 1 aromatic heterocycles. The van der Waals surface area contributed by atoms with Gasteiger partial charge in [0.15, 0.2) is 15.7 Å². The van der Waals surface area contributed by atoms with Gasteiger partial charge >= 0.3 is 0 Å². The molecule has 2 N–H and O–H groups in total. The number of hydrogen-bond acceptors (Lipinski definition) is 6. The van der Waals surface area contributed by atoms with E-state index in [-0.39, 0.29) is 34.0 Å². The third-order valence-electron chi connectivity index (χ3n) is 6.43. The van der Waals surface area contributed by atoms with Crippen molar-refractivity contribution in [1.82, 2.24) is 15.0 Å². The summed E-state index contributed by atoms with van der Waals surface area (Å²) in [7, 11) is -3.57. The predicted octanol–water partition coefficient (Wildman–Crippen LogP) is 5.54. The van der Waals surface area contributed by atoms with Crippen molar-refractivity contribution in [1.29, 1.82) is 0 Å². The number of amides is 1. The minimum Gasteiger partial charge on any atom is -0.352 e. The van der Waals surface area contributed by atoms with Crippen molar-refractivity contribution in [3.8, 4) is 0 Å². The van der Waals surface area contributed by atoms with Gasteiger partial charge in [-0.15, -0.1) is 0 Å². The zero-order valence-electron chi connectivity index (χ0n) is 20.6. The van der Waals surface area contributed by atoms with Gasteiger partial charge in [0.25, 0.3) is 5.91 Å². The second-order valence-electron chi connectivity index (χ2n) is 9.32. The van der Waals surface area contributed by atoms with Crippen molar-refractivity contribution < 1.29 is 22.4 Å². The number of hydrogen-bond donors (Lipinski definition) is 2. The van der Waals surface area contributed by atoms with Crippen LogP contribution in [-0.4, -0.2) is 36.2 Å². The third kappa shape index (κ3) is 5.74. The van der Waals surface area contributed by atoms with Crippen LogP contribution >= 0.6 is 15.9 Å². The lowest BCUT2D eigenvalue weighted by molar-refractivity contribution is 0.0271. The Hall–Kier alpha value is -3.28. The average molecular weight is 601 g/mol. The summed E-state index contributed by atoms with van der Waals surface area (Å²) in [4.78, 5) is 22.9. The summed E-state index contributed by atoms with van der Waals surface area (Å²) in [5.74, 6) is -1.13. The minimum absolute atomic E-state index is 0.0146. The van der Waals surface area contributed by atoms with E-state index in [1.54, 1.807) is 24.3 Å². The van der Waals surface area contributed by atoms with Crippen molar-refractivity contribution in [2.75, 3.05) is 17.7 Å². The number of hydroxylamine groups is 1. The Morgan fingerprint density at radius 3 is 2.66 bits per heavy atom. The molecule has 1 amide bonds. The second-order valence-corrected chi connectivity index (χ2v) is 12.3. The molecule has 4 aromatic rings. The van der Waals surface area contributed by atoms with E-state index in [1.807, 2.05) is 19.1 Å². The molecule has 38 heavy (non-hydrogen) atoms. The monoisotopic (exact) mass is 600 g/mol. The van der Waals surface area contributed by atoms with E-state index in [0.717, 1.165) is 22.9 Å². The lowest BCUT2D eigenvalue weighted by Gasteiger charge is -2.16. The van der Waals surface area contributed by atoms with Gasteiger partial charge < -0.3 is 9.88 Å². The van der Waals surface area contributed by atoms with Gasteiger partial charge in [-0.05, 0) is 67.6 Å². The van der Waals surface area contributed by atoms with Crippen molar-refractivity contribution >= 4 is 54.1 Å². The van der Waals surface area contributed by atoms with Gasteiger partial charge in [-0.3, -0.25) is 9.63 Å². The van der Waals surface area contributed by atoms with Gasteiger partial charge in [0.05, 0.1) is 40.4 Å². The Morgan fingerprint density at radius 2 is 1.95 bits per heavy atom. The highest BCUT2D eigenvalue weighted by atomic mass is 79.9. The van der Waals surface area contributed by atoms with E-state index in [0.29, 0.717) is 23.7 Å². The number of benzene rings is 3. The minimum atomic E-state index is -3.57. The summed E-state index contributed by atoms with van der Waals surface area (Å²) in [5, 5.41) is 3.05. The Labute approximate surface area is 228 Å². The molecule has 1 aliphatic carbocycles. The standard InChI is InChI=1S/C27H26BrFN4O4S/c1-17-13-19(28)9-10-22(17)31-25-21(27(34)32-37-15-18-7-8-18)14-23-26(24(25)29)30-16-33(23)11-12-38(35,36)20-5-3-2-4-6-20/h2-6,9-10,13-14,16,18,31H,7-8,11-12,15H2,1H3,(H,32,34). The fourth-order valence-electron chi connectivity index (χ4n) is 4.07. The quantitative estimate of drug-likeness (QED) is 0.232. The number of fused-ring (bicyclic) bond motifs is 1. The normalized spacial score (nSPS) is 13.6. The number of carbonyl (C=O) groups excluding carboxylic acids is 1. The number of halogens is 2. The Balaban J connectivity index is 1.49. The number of imidazole rings is 1. The van der Waals surface area contributed by atoms with Gasteiger partial charge in [0.2, 0.25) is 0 Å². The fourth-order valence-corrected chi connectivity index (χ4v) is 5.79. The molecule has 1 heterocycles. The number of sulfone groups is 1. The van der Waals surface area contributed by atoms with Crippen LogP contribution in [0.2, 0.25) is 0 Å². The molecule has 0 bridgehead atoms. The number of carbonyl (C=O) groups is 1. The molecular weight excluding hydrogens is 575 g/mol. The number of rotatable bonds is 10. The summed E-state index contributed by atoms with van der Waals surface area (Å²) in [6.45, 7) is 2.29. The molecule has 1 saturated carbocycles. The highest BCUT2D eigenvalue weighted by Crippen LogP contribution is 2.33. The number of nitrogens with one attached hydrogen (secondary N) is 2. The highest BCUT2D eigenvalue weighted by molar-refractivity contribution is 9.10. The average Bonchev–Trinajstić information content (AvgIpc) is 3.63. The predicted molar refractivity (Wildman–Crippen MR) is 146 cm³/mol. The van der Waals surface area contributed by atoms with E-state index in [4.69, 9.17) is 4.84 Å². The molecule has 198 valence electrons. The molecule has 8 nitrogen and oxygen atoms in total. The van der Waals surface area contributed by atoms with E-state index < -0.39 is 21.6 Å². The van der Waals surface area contributed by atoms with Crippen LogP contribution in [0.5, 0.6) is 0 Å². The van der Waals surface area contributed by atoms with Crippen LogP contribution in [0.25, 0.3) is 11.0 Å². The summed E-state index contributed by atoms with van der Waals surface area (Å²) in [6.07, 6.45) is 3.49. The number of aromatic nitrogens is 2. The molecule has 1 fully saturated rings. The Kier molecular flexibility index (Phi) is 7.51. The summed E-state index contributed by atoms with van der Waals surface area (Å²) in [6, 6.07) is 15.1. The first kappa shape index (κ1) is 26.3. The van der Waals surface area contributed by atoms with Crippen LogP contribution in [0.15, 0.2) is 70.3 Å². The topological polar surface area (TPSA) is 102 Å². The smallest absolute Gasteiger partial charge is 0.277 e. The maximum atomic E-state index is 15.9. The van der Waals surface area contributed by atoms with E-state index in [9.17, 15) is 13.2 Å². The van der Waals surface area contributed by atoms with Crippen molar-refractivity contribution in [3.63, 3.8) is 0 Å². The van der Waals surface area contributed by atoms with Crippen molar-refractivity contribution in [2.24, 2.45) is 5.92 Å². The lowest BCUT2D eigenvalue weighted by atomic mass is 10.1. The Bertz CT molecular complexity index is 1600. The zero-order valence-corrected chi connectivity index (χ0v) is 23.0. The lowest BCUT2D eigenvalue weighted by Crippen LogP contribution is -2.26. The summed E-state index contributed by atoms with van der Waals surface area (Å²) < 4.78 is 43.9. The largest absolute Gasteiger partial charge is 0.352 e. The van der Waals surface area contributed by atoms with Gasteiger partial charge in [-0.2, -0.15) is 0 Å². The molecule has 0 aliphatic heterocycles. The van der Waals surface area contributed by atoms with Gasteiger partial charge in [0, 0.05) is 16.7 Å². The zero-order chi connectivity index (χ0) is 26.9. The van der Waals surface area contributed by atoms with Crippen LogP contribution in [0.1, 0.15) is 28.8 Å². The molecule has 0 unspecified atom stereocenters. The second kappa shape index (κ2) is 10.8. The number of anilines is 2. The van der Waals surface area contributed by atoms with Crippen LogP contribution in [0.4, 0.5) is 15.8 Å². The van der Waals surface area contributed by atoms with Crippen molar-refractivity contribution in [2.45, 2.75) is 31.2 Å². The van der Waals surface area contributed by atoms with Gasteiger partial charge in [-0.1, -0.05) is 34.1 Å². The Morgan fingerprint density at radius 1 is 1.18 bits per heavy atom. The molecule has 0 saturated heterocycles. The van der Waals surface area contributed by atoms with Gasteiger partial charge in [-0.25, -0.2) is 23.3 Å². The first-order valence-electron chi connectivity index (χ1n) is 12.1. The summed E-state index contributed by atoms with van der Waals surface area (Å²) >= 11 is 3.42. The van der Waals surface area contributed by atoms with E-state index >= 15 is 4.39 Å². The first-order valence-corrected chi connectivity index (χ1v) is 14.6. The molecule has 0 radical (unpaired) electrons. The van der Waals surface area contributed by atoms with Crippen LogP contribution in [0.3, 0.4) is 0 Å². The molecule has 0 atom stereocenters. The van der Waals surface area contributed by atoms with Crippen LogP contribution < -0.4 is 10.8 Å². The van der Waals surface area contributed by atoms with Crippen molar-refractivity contribution in [3.05, 3.63) is 82.3 Å². The SMILES string of the molecule is Cc1cc(Br)ccc1Nc1c(C(=O)NOCC2CC2)cc2c(ncn2CCS(=O)(=O)c2ccccc2)c1F. The van der Waals surface area contributed by atoms with Gasteiger partial charge in [0.1, 0.15) is 5.52 Å². The molecule has 0 spiro atoms. The molecule has 3 aromatic carbocycles. The molecule has 1 aliphatic rings. The van der Waals surface area contributed by atoms with E-state index in [1.165, 1.54) is 29.1 Å². The number of nitrogens with zero attached hydrogens (tertiary/aromatic N) is 2. The highest BCUT2D eigenvalue weighted by Gasteiger charge is 2.25. The molecule has 5 rings (SSSR count). The summed E-state index contributed by atoms with van der Waals surface area (Å²) in [5.41, 5.74) is 4.18. The first-order chi connectivity index (χ1) is 18.2. The fraction of sp³-hybridized carbons (Fsp3) is 0.259. The molecular formula is C27H26BrFN4O4S. The third-order valence-corrected chi connectivity index (χ3v) is 8.64. The maximum Gasteiger partial charge on any atom is 0.277 e. The van der Waals surface area contributed by atoms with Crippen LogP contribution in [-0.2, 0) is 21.2 Å². The van der Waals surface area contributed by atoms with E-state index in [2.05, 4.69) is 31.7 Å². The molecule has 11 heteroatoms.